The molecule has 5 heteroatoms. The van der Waals surface area contributed by atoms with E-state index in [-0.39, 0.29) is 11.9 Å². The summed E-state index contributed by atoms with van der Waals surface area (Å²) in [5.74, 6) is -1.97. The Balaban J connectivity index is 2.03. The Morgan fingerprint density at radius 3 is 2.60 bits per heavy atom. The highest BCUT2D eigenvalue weighted by Crippen LogP contribution is 2.50. The zero-order valence-corrected chi connectivity index (χ0v) is 10.9. The van der Waals surface area contributed by atoms with Crippen molar-refractivity contribution >= 4 is 18.2 Å². The number of benzene rings is 1. The van der Waals surface area contributed by atoms with Crippen molar-refractivity contribution in [3.8, 4) is 0 Å². The first kappa shape index (κ1) is 12.8. The number of hydrogen-bond acceptors (Lipinski definition) is 3. The predicted molar refractivity (Wildman–Crippen MR) is 70.2 cm³/mol. The van der Waals surface area contributed by atoms with E-state index < -0.39 is 17.4 Å². The molecule has 2 fully saturated rings. The highest BCUT2D eigenvalue weighted by molar-refractivity contribution is 6.00. The van der Waals surface area contributed by atoms with Gasteiger partial charge in [0.1, 0.15) is 6.29 Å². The smallest absolute Gasteiger partial charge is 0.330 e. The van der Waals surface area contributed by atoms with Crippen LogP contribution in [-0.2, 0) is 9.59 Å². The lowest BCUT2D eigenvalue weighted by atomic mass is 9.78. The SMILES string of the molecule is O=C[C@@H]1C[C@H]2CC[C@]1(C(=O)O)N2C(=O)c1ccccc1. The van der Waals surface area contributed by atoms with Crippen LogP contribution in [0.5, 0.6) is 0 Å². The molecule has 1 amide bonds. The van der Waals surface area contributed by atoms with Crippen molar-refractivity contribution in [2.24, 2.45) is 5.92 Å². The molecule has 3 atom stereocenters. The Bertz CT molecular complexity index is 570. The molecule has 3 rings (SSSR count). The highest BCUT2D eigenvalue weighted by atomic mass is 16.4. The number of fused-ring (bicyclic) bond motifs is 2. The van der Waals surface area contributed by atoms with Gasteiger partial charge in [-0.05, 0) is 31.4 Å². The summed E-state index contributed by atoms with van der Waals surface area (Å²) in [4.78, 5) is 37.0. The number of carboxylic acids is 1. The van der Waals surface area contributed by atoms with Gasteiger partial charge in [-0.15, -0.1) is 0 Å². The van der Waals surface area contributed by atoms with Crippen molar-refractivity contribution < 1.29 is 19.5 Å². The number of carboxylic acid groups (broad SMARTS) is 1. The first-order valence-electron chi connectivity index (χ1n) is 6.68. The number of carbonyl (C=O) groups excluding carboxylic acids is 2. The van der Waals surface area contributed by atoms with E-state index in [4.69, 9.17) is 0 Å². The van der Waals surface area contributed by atoms with E-state index in [9.17, 15) is 19.5 Å². The molecule has 20 heavy (non-hydrogen) atoms. The molecule has 0 aliphatic carbocycles. The summed E-state index contributed by atoms with van der Waals surface area (Å²) in [6.07, 6.45) is 2.15. The van der Waals surface area contributed by atoms with Gasteiger partial charge in [0.15, 0.2) is 5.54 Å². The molecule has 2 aliphatic heterocycles. The minimum Gasteiger partial charge on any atom is -0.479 e. The van der Waals surface area contributed by atoms with Crippen molar-refractivity contribution in [3.63, 3.8) is 0 Å². The van der Waals surface area contributed by atoms with E-state index in [0.717, 1.165) is 0 Å². The van der Waals surface area contributed by atoms with Gasteiger partial charge in [0.2, 0.25) is 0 Å². The minimum atomic E-state index is -1.35. The molecule has 2 heterocycles. The molecule has 0 aromatic heterocycles. The fraction of sp³-hybridized carbons (Fsp3) is 0.400. The molecule has 104 valence electrons. The first-order chi connectivity index (χ1) is 9.61. The van der Waals surface area contributed by atoms with Crippen LogP contribution in [0, 0.1) is 5.92 Å². The second-order valence-electron chi connectivity index (χ2n) is 5.44. The molecule has 5 nitrogen and oxygen atoms in total. The topological polar surface area (TPSA) is 74.7 Å². The Kier molecular flexibility index (Phi) is 2.85. The van der Waals surface area contributed by atoms with Crippen molar-refractivity contribution in [2.75, 3.05) is 0 Å². The summed E-state index contributed by atoms with van der Waals surface area (Å²) in [5, 5.41) is 9.61. The summed E-state index contributed by atoms with van der Waals surface area (Å²) in [5.41, 5.74) is -0.879. The molecule has 2 aliphatic rings. The lowest BCUT2D eigenvalue weighted by molar-refractivity contribution is -0.151. The fourth-order valence-electron chi connectivity index (χ4n) is 3.64. The van der Waals surface area contributed by atoms with Gasteiger partial charge in [-0.3, -0.25) is 4.79 Å². The number of amides is 1. The molecular formula is C15H15NO4. The van der Waals surface area contributed by atoms with Gasteiger partial charge < -0.3 is 14.8 Å². The largest absolute Gasteiger partial charge is 0.479 e. The molecular weight excluding hydrogens is 258 g/mol. The normalized spacial score (nSPS) is 31.3. The third-order valence-electron chi connectivity index (χ3n) is 4.57. The van der Waals surface area contributed by atoms with Crippen molar-refractivity contribution in [1.82, 2.24) is 4.90 Å². The lowest BCUT2D eigenvalue weighted by Gasteiger charge is -2.33. The Morgan fingerprint density at radius 1 is 1.30 bits per heavy atom. The minimum absolute atomic E-state index is 0.144. The van der Waals surface area contributed by atoms with E-state index in [1.54, 1.807) is 30.3 Å². The van der Waals surface area contributed by atoms with Crippen LogP contribution in [0.4, 0.5) is 0 Å². The van der Waals surface area contributed by atoms with E-state index >= 15 is 0 Å². The number of carbonyl (C=O) groups is 3. The average Bonchev–Trinajstić information content (AvgIpc) is 3.01. The number of rotatable bonds is 3. The number of aliphatic carboxylic acids is 1. The number of aldehydes is 1. The quantitative estimate of drug-likeness (QED) is 0.843. The second-order valence-corrected chi connectivity index (χ2v) is 5.44. The molecule has 1 aromatic rings. The molecule has 1 N–H and O–H groups in total. The maximum absolute atomic E-state index is 12.6. The maximum atomic E-state index is 12.6. The van der Waals surface area contributed by atoms with Crippen LogP contribution in [-0.4, -0.2) is 39.7 Å². The van der Waals surface area contributed by atoms with E-state index in [2.05, 4.69) is 0 Å². The predicted octanol–water partition coefficient (Wildman–Crippen LogP) is 1.33. The zero-order valence-electron chi connectivity index (χ0n) is 10.9. The molecule has 0 spiro atoms. The maximum Gasteiger partial charge on any atom is 0.330 e. The van der Waals surface area contributed by atoms with Crippen LogP contribution >= 0.6 is 0 Å². The van der Waals surface area contributed by atoms with Crippen molar-refractivity contribution in [2.45, 2.75) is 30.8 Å². The van der Waals surface area contributed by atoms with E-state index in [1.807, 2.05) is 0 Å². The van der Waals surface area contributed by atoms with E-state index in [1.165, 1.54) is 4.90 Å². The van der Waals surface area contributed by atoms with E-state index in [0.29, 0.717) is 31.1 Å². The number of nitrogens with zero attached hydrogens (tertiary/aromatic N) is 1. The van der Waals surface area contributed by atoms with Crippen molar-refractivity contribution in [3.05, 3.63) is 35.9 Å². The Morgan fingerprint density at radius 2 is 2.00 bits per heavy atom. The van der Waals surface area contributed by atoms with Crippen LogP contribution in [0.15, 0.2) is 30.3 Å². The van der Waals surface area contributed by atoms with Gasteiger partial charge in [-0.25, -0.2) is 4.79 Å². The second kappa shape index (κ2) is 4.44. The summed E-state index contributed by atoms with van der Waals surface area (Å²) in [6.45, 7) is 0. The molecule has 1 aromatic carbocycles. The van der Waals surface area contributed by atoms with Crippen LogP contribution in [0.1, 0.15) is 29.6 Å². The number of hydrogen-bond donors (Lipinski definition) is 1. The van der Waals surface area contributed by atoms with Gasteiger partial charge in [0.25, 0.3) is 5.91 Å². The van der Waals surface area contributed by atoms with Gasteiger partial charge in [-0.2, -0.15) is 0 Å². The standard InChI is InChI=1S/C15H15NO4/c17-9-11-8-12-6-7-15(11,14(19)20)16(12)13(18)10-4-2-1-3-5-10/h1-5,9,11-12H,6-8H2,(H,19,20)/t11-,12+,15-/m0/s1. The summed E-state index contributed by atoms with van der Waals surface area (Å²) in [6, 6.07) is 8.49. The lowest BCUT2D eigenvalue weighted by Crippen LogP contribution is -2.54. The Hall–Kier alpha value is -2.17. The molecule has 0 saturated carbocycles. The van der Waals surface area contributed by atoms with Crippen LogP contribution in [0.2, 0.25) is 0 Å². The molecule has 2 saturated heterocycles. The summed E-state index contributed by atoms with van der Waals surface area (Å²) < 4.78 is 0. The third-order valence-corrected chi connectivity index (χ3v) is 4.57. The van der Waals surface area contributed by atoms with Crippen LogP contribution in [0.25, 0.3) is 0 Å². The average molecular weight is 273 g/mol. The van der Waals surface area contributed by atoms with Crippen LogP contribution < -0.4 is 0 Å². The summed E-state index contributed by atoms with van der Waals surface area (Å²) in [7, 11) is 0. The molecule has 2 bridgehead atoms. The first-order valence-corrected chi connectivity index (χ1v) is 6.68. The highest BCUT2D eigenvalue weighted by Gasteiger charge is 2.64. The van der Waals surface area contributed by atoms with Gasteiger partial charge >= 0.3 is 5.97 Å². The Labute approximate surface area is 116 Å². The summed E-state index contributed by atoms with van der Waals surface area (Å²) >= 11 is 0. The molecule has 0 unspecified atom stereocenters. The van der Waals surface area contributed by atoms with Crippen LogP contribution in [0.3, 0.4) is 0 Å². The van der Waals surface area contributed by atoms with Crippen molar-refractivity contribution in [1.29, 1.82) is 0 Å². The molecule has 0 radical (unpaired) electrons. The zero-order chi connectivity index (χ0) is 14.3. The fourth-order valence-corrected chi connectivity index (χ4v) is 3.64. The van der Waals surface area contributed by atoms with Gasteiger partial charge in [-0.1, -0.05) is 18.2 Å². The van der Waals surface area contributed by atoms with Gasteiger partial charge in [0.05, 0.1) is 5.92 Å². The third kappa shape index (κ3) is 1.52. The monoisotopic (exact) mass is 273 g/mol. The van der Waals surface area contributed by atoms with Gasteiger partial charge in [0, 0.05) is 11.6 Å².